The third kappa shape index (κ3) is 5.24. The van der Waals surface area contributed by atoms with Gasteiger partial charge in [0.15, 0.2) is 5.11 Å². The number of nitrogens with zero attached hydrogens (tertiary/aromatic N) is 3. The second-order valence-corrected chi connectivity index (χ2v) is 10.4. The van der Waals surface area contributed by atoms with Gasteiger partial charge in [0.25, 0.3) is 0 Å². The van der Waals surface area contributed by atoms with Gasteiger partial charge in [-0.05, 0) is 62.3 Å². The smallest absolute Gasteiger partial charge is 0.243 e. The van der Waals surface area contributed by atoms with Crippen LogP contribution in [-0.4, -0.2) is 48.3 Å². The molecule has 0 bridgehead atoms. The topological polar surface area (TPSA) is 88.0 Å². The van der Waals surface area contributed by atoms with Crippen LogP contribution in [0.2, 0.25) is 0 Å². The summed E-state index contributed by atoms with van der Waals surface area (Å²) < 4.78 is 35.4. The van der Waals surface area contributed by atoms with Gasteiger partial charge in [-0.25, -0.2) is 8.42 Å². The zero-order chi connectivity index (χ0) is 24.1. The normalized spacial score (nSPS) is 15.0. The first-order valence-corrected chi connectivity index (χ1v) is 13.2. The Bertz CT molecular complexity index is 1310. The summed E-state index contributed by atoms with van der Waals surface area (Å²) in [6.45, 7) is 3.62. The first-order valence-electron chi connectivity index (χ1n) is 11.3. The maximum Gasteiger partial charge on any atom is 0.243 e. The summed E-state index contributed by atoms with van der Waals surface area (Å²) in [5.41, 5.74) is 5.27. The number of piperidine rings is 1. The molecule has 2 N–H and O–H groups in total. The van der Waals surface area contributed by atoms with Crippen LogP contribution < -0.4 is 15.5 Å². The van der Waals surface area contributed by atoms with Gasteiger partial charge in [-0.2, -0.15) is 9.41 Å². The van der Waals surface area contributed by atoms with E-state index in [1.54, 1.807) is 22.7 Å². The Hall–Kier alpha value is -2.95. The molecular weight excluding hydrogens is 470 g/mol. The number of hydrazone groups is 1. The number of hydrogen-bond acceptors (Lipinski definition) is 5. The number of aromatic nitrogens is 1. The van der Waals surface area contributed by atoms with E-state index in [1.807, 2.05) is 55.1 Å². The van der Waals surface area contributed by atoms with E-state index in [4.69, 9.17) is 17.0 Å². The molecule has 3 aromatic rings. The lowest BCUT2D eigenvalue weighted by atomic mass is 10.2. The van der Waals surface area contributed by atoms with Gasteiger partial charge >= 0.3 is 0 Å². The van der Waals surface area contributed by atoms with Crippen molar-refractivity contribution in [2.24, 2.45) is 12.1 Å². The van der Waals surface area contributed by atoms with Crippen molar-refractivity contribution in [2.75, 3.05) is 25.0 Å². The molecule has 2 heterocycles. The van der Waals surface area contributed by atoms with Crippen LogP contribution in [0.5, 0.6) is 5.75 Å². The Labute approximate surface area is 205 Å². The molecule has 0 spiro atoms. The molecule has 0 amide bonds. The van der Waals surface area contributed by atoms with Crippen LogP contribution in [0.15, 0.2) is 58.7 Å². The molecule has 0 aliphatic carbocycles. The summed E-state index contributed by atoms with van der Waals surface area (Å²) in [7, 11) is -1.60. The van der Waals surface area contributed by atoms with E-state index in [0.717, 1.165) is 41.4 Å². The number of rotatable bonds is 7. The second kappa shape index (κ2) is 10.5. The predicted molar refractivity (Wildman–Crippen MR) is 140 cm³/mol. The zero-order valence-corrected chi connectivity index (χ0v) is 21.0. The highest BCUT2D eigenvalue weighted by molar-refractivity contribution is 7.89. The summed E-state index contributed by atoms with van der Waals surface area (Å²) in [6, 6.07) is 12.8. The van der Waals surface area contributed by atoms with E-state index < -0.39 is 10.0 Å². The van der Waals surface area contributed by atoms with Gasteiger partial charge in [0.05, 0.1) is 23.4 Å². The molecule has 0 saturated carbocycles. The molecule has 1 aromatic heterocycles. The van der Waals surface area contributed by atoms with Gasteiger partial charge in [0, 0.05) is 42.8 Å². The van der Waals surface area contributed by atoms with E-state index in [1.165, 1.54) is 0 Å². The fraction of sp³-hybridized carbons (Fsp3) is 0.333. The zero-order valence-electron chi connectivity index (χ0n) is 19.3. The van der Waals surface area contributed by atoms with Crippen LogP contribution in [0.3, 0.4) is 0 Å². The summed E-state index contributed by atoms with van der Waals surface area (Å²) in [6.07, 6.45) is 6.43. The molecule has 10 heteroatoms. The average molecular weight is 500 g/mol. The minimum atomic E-state index is -3.52. The Balaban J connectivity index is 1.52. The highest BCUT2D eigenvalue weighted by Crippen LogP contribution is 2.27. The number of ether oxygens (including phenoxy) is 1. The lowest BCUT2D eigenvalue weighted by molar-refractivity contribution is 0.342. The lowest BCUT2D eigenvalue weighted by Gasteiger charge is -2.25. The van der Waals surface area contributed by atoms with E-state index in [9.17, 15) is 8.42 Å². The first kappa shape index (κ1) is 24.2. The van der Waals surface area contributed by atoms with Crippen molar-refractivity contribution < 1.29 is 13.2 Å². The number of sulfonamides is 1. The number of hydrogen-bond donors (Lipinski definition) is 2. The van der Waals surface area contributed by atoms with Crippen molar-refractivity contribution in [3.05, 3.63) is 54.2 Å². The molecule has 1 fully saturated rings. The van der Waals surface area contributed by atoms with Gasteiger partial charge in [0.2, 0.25) is 10.0 Å². The quantitative estimate of drug-likeness (QED) is 0.289. The van der Waals surface area contributed by atoms with Gasteiger partial charge < -0.3 is 14.6 Å². The summed E-state index contributed by atoms with van der Waals surface area (Å²) in [5, 5.41) is 8.48. The van der Waals surface area contributed by atoms with Gasteiger partial charge in [-0.3, -0.25) is 5.43 Å². The predicted octanol–water partition coefficient (Wildman–Crippen LogP) is 4.07. The third-order valence-electron chi connectivity index (χ3n) is 5.75. The molecule has 0 unspecified atom stereocenters. The van der Waals surface area contributed by atoms with E-state index in [-0.39, 0.29) is 0 Å². The highest BCUT2D eigenvalue weighted by Gasteiger charge is 2.26. The molecule has 2 aromatic carbocycles. The van der Waals surface area contributed by atoms with Crippen molar-refractivity contribution in [1.82, 2.24) is 14.3 Å². The molecule has 1 aliphatic rings. The fourth-order valence-corrected chi connectivity index (χ4v) is 5.79. The summed E-state index contributed by atoms with van der Waals surface area (Å²) >= 11 is 5.36. The molecule has 34 heavy (non-hydrogen) atoms. The van der Waals surface area contributed by atoms with Gasteiger partial charge in [-0.15, -0.1) is 0 Å². The molecule has 8 nitrogen and oxygen atoms in total. The number of fused-ring (bicyclic) bond motifs is 1. The second-order valence-electron chi connectivity index (χ2n) is 8.09. The van der Waals surface area contributed by atoms with Crippen LogP contribution in [0, 0.1) is 0 Å². The van der Waals surface area contributed by atoms with Crippen molar-refractivity contribution in [3.63, 3.8) is 0 Å². The Morgan fingerprint density at radius 1 is 1.18 bits per heavy atom. The number of para-hydroxylation sites is 2. The van der Waals surface area contributed by atoms with Crippen molar-refractivity contribution >= 4 is 50.2 Å². The molecule has 0 atom stereocenters. The molecular formula is C24H29N5O3S2. The Morgan fingerprint density at radius 3 is 2.71 bits per heavy atom. The van der Waals surface area contributed by atoms with E-state index in [2.05, 4.69) is 15.8 Å². The largest absolute Gasteiger partial charge is 0.492 e. The highest BCUT2D eigenvalue weighted by atomic mass is 32.2. The standard InChI is InChI=1S/C24H29N5O3S2/c1-3-32-23-10-6-5-9-21(23)26-24(33)27-25-16-18-17-28(2)22-12-11-19(15-20(18)22)34(30,31)29-13-7-4-8-14-29/h5-6,9-12,15-17H,3-4,7-8,13-14H2,1-2H3,(H2,26,27,33). The minimum absolute atomic E-state index is 0.306. The van der Waals surface area contributed by atoms with Gasteiger partial charge in [0.1, 0.15) is 5.75 Å². The Morgan fingerprint density at radius 2 is 1.94 bits per heavy atom. The third-order valence-corrected chi connectivity index (χ3v) is 7.84. The van der Waals surface area contributed by atoms with Crippen LogP contribution in [0.4, 0.5) is 5.69 Å². The number of anilines is 1. The van der Waals surface area contributed by atoms with Gasteiger partial charge in [-0.1, -0.05) is 18.6 Å². The molecule has 0 radical (unpaired) electrons. The SMILES string of the molecule is CCOc1ccccc1NC(=S)NN=Cc1cn(C)c2ccc(S(=O)(=O)N3CCCCC3)cc12. The first-order chi connectivity index (χ1) is 16.4. The number of nitrogens with one attached hydrogen (secondary N) is 2. The minimum Gasteiger partial charge on any atom is -0.492 e. The van der Waals surface area contributed by atoms with Crippen LogP contribution in [-0.2, 0) is 17.1 Å². The van der Waals surface area contributed by atoms with E-state index in [0.29, 0.717) is 35.5 Å². The van der Waals surface area contributed by atoms with Crippen molar-refractivity contribution in [1.29, 1.82) is 0 Å². The molecule has 1 saturated heterocycles. The van der Waals surface area contributed by atoms with Crippen LogP contribution in [0.25, 0.3) is 10.9 Å². The Kier molecular flexibility index (Phi) is 7.50. The van der Waals surface area contributed by atoms with Crippen LogP contribution in [0.1, 0.15) is 31.7 Å². The number of benzene rings is 2. The fourth-order valence-electron chi connectivity index (χ4n) is 4.08. The summed E-state index contributed by atoms with van der Waals surface area (Å²) in [5.74, 6) is 0.703. The number of thiocarbonyl (C=S) groups is 1. The lowest BCUT2D eigenvalue weighted by Crippen LogP contribution is -2.35. The summed E-state index contributed by atoms with van der Waals surface area (Å²) in [4.78, 5) is 0.306. The van der Waals surface area contributed by atoms with Crippen LogP contribution >= 0.6 is 12.2 Å². The monoisotopic (exact) mass is 499 g/mol. The number of aryl methyl sites for hydroxylation is 1. The average Bonchev–Trinajstić information content (AvgIpc) is 3.16. The molecule has 4 rings (SSSR count). The maximum atomic E-state index is 13.1. The van der Waals surface area contributed by atoms with Crippen molar-refractivity contribution in [3.8, 4) is 5.75 Å². The van der Waals surface area contributed by atoms with Crippen molar-refractivity contribution in [2.45, 2.75) is 31.1 Å². The van der Waals surface area contributed by atoms with E-state index >= 15 is 0 Å². The maximum absolute atomic E-state index is 13.1. The molecule has 180 valence electrons. The molecule has 1 aliphatic heterocycles.